The van der Waals surface area contributed by atoms with Crippen LogP contribution in [-0.4, -0.2) is 15.0 Å². The predicted molar refractivity (Wildman–Crippen MR) is 201 cm³/mol. The first kappa shape index (κ1) is 17.0. The number of hydrogen-bond donors (Lipinski definition) is 0. The zero-order chi connectivity index (χ0) is 44.5. The van der Waals surface area contributed by atoms with Crippen LogP contribution in [0.2, 0.25) is 0 Å². The minimum atomic E-state index is -0.611. The van der Waals surface area contributed by atoms with Gasteiger partial charge in [-0.05, 0) is 55.6 Å². The predicted octanol–water partition coefficient (Wildman–Crippen LogP) is 11.9. The lowest BCUT2D eigenvalue weighted by Crippen LogP contribution is -2.01. The molecule has 10 rings (SSSR count). The Kier molecular flexibility index (Phi) is 3.79. The Bertz CT molecular complexity index is 3670. The Morgan fingerprint density at radius 3 is 1.94 bits per heavy atom. The first-order chi connectivity index (χ1) is 30.1. The fraction of sp³-hybridized carbons (Fsp3) is 0. The molecule has 0 radical (unpaired) electrons. The average molecular weight is 640 g/mol. The molecule has 4 heteroatoms. The van der Waals surface area contributed by atoms with Crippen molar-refractivity contribution in [1.82, 2.24) is 15.0 Å². The van der Waals surface area contributed by atoms with Crippen molar-refractivity contribution < 1.29 is 23.6 Å². The third-order valence-corrected chi connectivity index (χ3v) is 8.56. The molecule has 0 aliphatic carbocycles. The van der Waals surface area contributed by atoms with Crippen LogP contribution in [0.15, 0.2) is 168 Å². The average Bonchev–Trinajstić information content (AvgIpc) is 3.68. The van der Waals surface area contributed by atoms with E-state index in [1.807, 2.05) is 24.3 Å². The molecule has 228 valence electrons. The first-order valence-electron chi connectivity index (χ1n) is 22.3. The van der Waals surface area contributed by atoms with Gasteiger partial charge in [0.15, 0.2) is 17.5 Å². The number of nitrogens with zero attached hydrogens (tertiary/aromatic N) is 3. The van der Waals surface area contributed by atoms with Gasteiger partial charge in [-0.15, -0.1) is 0 Å². The van der Waals surface area contributed by atoms with Crippen molar-refractivity contribution in [3.05, 3.63) is 163 Å². The highest BCUT2D eigenvalue weighted by Crippen LogP contribution is 2.40. The van der Waals surface area contributed by atoms with Gasteiger partial charge in [0, 0.05) is 27.5 Å². The van der Waals surface area contributed by atoms with Gasteiger partial charge in [-0.25, -0.2) is 15.0 Å². The molecule has 0 unspecified atom stereocenters. The van der Waals surface area contributed by atoms with Crippen molar-refractivity contribution in [2.24, 2.45) is 0 Å². The number of benzene rings is 8. The number of rotatable bonds is 4. The lowest BCUT2D eigenvalue weighted by atomic mass is 9.91. The van der Waals surface area contributed by atoms with E-state index in [0.717, 1.165) is 5.39 Å². The van der Waals surface area contributed by atoms with E-state index in [0.29, 0.717) is 44.0 Å². The van der Waals surface area contributed by atoms with E-state index in [1.54, 1.807) is 54.6 Å². The smallest absolute Gasteiger partial charge is 0.164 e. The Labute approximate surface area is 301 Å². The molecule has 0 spiro atoms. The fourth-order valence-corrected chi connectivity index (χ4v) is 6.41. The third kappa shape index (κ3) is 4.42. The largest absolute Gasteiger partial charge is 0.456 e. The summed E-state index contributed by atoms with van der Waals surface area (Å²) < 4.78 is 128. The number of aromatic nitrogens is 3. The van der Waals surface area contributed by atoms with E-state index in [9.17, 15) is 2.74 Å². The molecule has 8 aromatic carbocycles. The maximum Gasteiger partial charge on any atom is 0.164 e. The molecule has 0 aliphatic heterocycles. The van der Waals surface area contributed by atoms with E-state index in [1.165, 1.54) is 0 Å². The van der Waals surface area contributed by atoms with Crippen LogP contribution in [0.1, 0.15) is 19.2 Å². The second-order valence-corrected chi connectivity index (χ2v) is 11.3. The van der Waals surface area contributed by atoms with Crippen LogP contribution in [0, 0.1) is 0 Å². The van der Waals surface area contributed by atoms with Crippen LogP contribution in [-0.2, 0) is 0 Å². The van der Waals surface area contributed by atoms with E-state index in [2.05, 4.69) is 0 Å². The molecule has 0 bridgehead atoms. The van der Waals surface area contributed by atoms with Gasteiger partial charge in [0.25, 0.3) is 0 Å². The molecule has 2 aromatic heterocycles. The third-order valence-electron chi connectivity index (χ3n) is 8.56. The van der Waals surface area contributed by atoms with Crippen LogP contribution in [0.3, 0.4) is 0 Å². The lowest BCUT2D eigenvalue weighted by Gasteiger charge is -2.14. The minimum Gasteiger partial charge on any atom is -0.456 e. The summed E-state index contributed by atoms with van der Waals surface area (Å²) in [7, 11) is 0. The monoisotopic (exact) mass is 639 g/mol. The van der Waals surface area contributed by atoms with Crippen molar-refractivity contribution >= 4 is 54.3 Å². The summed E-state index contributed by atoms with van der Waals surface area (Å²) in [4.78, 5) is 14.5. The maximum atomic E-state index is 9.22. The molecule has 0 fully saturated rings. The SMILES string of the molecule is [2H]c1c([2H])c([2H])c(-c2nc(-c3cccc4c(-c5c([2H])c([2H])c([2H])c6c5c([2H])c([2H])c5c([2H])c([2H])c([2H])c([2H])c56)cccc34)nc(-c3cccc4oc5ccccc5c34)n2)c([2H])c1[2H]. The molecule has 49 heavy (non-hydrogen) atoms. The molecule has 0 aliphatic rings. The Morgan fingerprint density at radius 1 is 0.388 bits per heavy atom. The van der Waals surface area contributed by atoms with Gasteiger partial charge in [-0.3, -0.25) is 0 Å². The van der Waals surface area contributed by atoms with E-state index in [4.69, 9.17) is 35.8 Å². The topological polar surface area (TPSA) is 51.8 Å². The number of hydrogen-bond acceptors (Lipinski definition) is 4. The van der Waals surface area contributed by atoms with Crippen LogP contribution >= 0.6 is 0 Å². The van der Waals surface area contributed by atoms with Gasteiger partial charge in [0.05, 0.1) is 19.2 Å². The van der Waals surface area contributed by atoms with Crippen molar-refractivity contribution in [2.45, 2.75) is 0 Å². The molecule has 0 atom stereocenters. The molecule has 4 nitrogen and oxygen atoms in total. The minimum absolute atomic E-state index is 0.00349. The molecule has 2 heterocycles. The summed E-state index contributed by atoms with van der Waals surface area (Å²) in [5, 5.41) is 1.65. The summed E-state index contributed by atoms with van der Waals surface area (Å²) in [5.74, 6) is -0.0492. The lowest BCUT2D eigenvalue weighted by molar-refractivity contribution is 0.669. The van der Waals surface area contributed by atoms with Crippen molar-refractivity contribution in [3.8, 4) is 45.3 Å². The highest BCUT2D eigenvalue weighted by molar-refractivity contribution is 6.15. The van der Waals surface area contributed by atoms with Crippen molar-refractivity contribution in [3.63, 3.8) is 0 Å². The normalized spacial score (nSPS) is 15.7. The van der Waals surface area contributed by atoms with Crippen LogP contribution in [0.4, 0.5) is 0 Å². The second-order valence-electron chi connectivity index (χ2n) is 11.3. The Hall–Kier alpha value is -6.65. The molecule has 0 saturated heterocycles. The molecule has 0 amide bonds. The summed E-state index contributed by atoms with van der Waals surface area (Å²) in [5.41, 5.74) is 2.10. The van der Waals surface area contributed by atoms with Gasteiger partial charge in [-0.2, -0.15) is 0 Å². The van der Waals surface area contributed by atoms with Crippen molar-refractivity contribution in [2.75, 3.05) is 0 Å². The summed E-state index contributed by atoms with van der Waals surface area (Å²) in [6.07, 6.45) is 0. The maximum absolute atomic E-state index is 9.22. The second kappa shape index (κ2) is 11.0. The van der Waals surface area contributed by atoms with Gasteiger partial charge in [0.2, 0.25) is 0 Å². The first-order valence-corrected chi connectivity index (χ1v) is 15.3. The quantitative estimate of drug-likeness (QED) is 0.180. The number of fused-ring (bicyclic) bond motifs is 7. The van der Waals surface area contributed by atoms with E-state index in [-0.39, 0.29) is 50.1 Å². The highest BCUT2D eigenvalue weighted by Gasteiger charge is 2.19. The molecule has 0 saturated carbocycles. The summed E-state index contributed by atoms with van der Waals surface area (Å²) in [6.45, 7) is 0. The van der Waals surface area contributed by atoms with Crippen molar-refractivity contribution in [1.29, 1.82) is 0 Å². The standard InChI is InChI=1S/C45H27N3O/c1-2-13-29(14-3-1)43-46-44(48-45(47-43)39-23-11-25-41-42(39)38-16-6-7-24-40(38)49-41)37-22-10-20-33-32(18-9-21-35(33)37)34-19-8-17-31-30-15-5-4-12-28(30)26-27-36(31)34/h1-27H/i1D,2D,3D,4D,5D,8D,12D,13D,14D,15D,17D,19D,26D,27D. The highest BCUT2D eigenvalue weighted by atomic mass is 16.3. The molecular formula is C45H27N3O. The Morgan fingerprint density at radius 2 is 1.04 bits per heavy atom. The van der Waals surface area contributed by atoms with Crippen LogP contribution in [0.5, 0.6) is 0 Å². The van der Waals surface area contributed by atoms with Gasteiger partial charge >= 0.3 is 0 Å². The summed E-state index contributed by atoms with van der Waals surface area (Å²) >= 11 is 0. The molecule has 0 N–H and O–H groups in total. The number of furan rings is 1. The van der Waals surface area contributed by atoms with Gasteiger partial charge in [0.1, 0.15) is 11.2 Å². The zero-order valence-corrected chi connectivity index (χ0v) is 25.3. The van der Waals surface area contributed by atoms with Gasteiger partial charge < -0.3 is 4.42 Å². The van der Waals surface area contributed by atoms with Gasteiger partial charge in [-0.1, -0.05) is 151 Å². The van der Waals surface area contributed by atoms with Crippen LogP contribution in [0.25, 0.3) is 99.5 Å². The zero-order valence-electron chi connectivity index (χ0n) is 39.3. The summed E-state index contributed by atoms with van der Waals surface area (Å²) in [6, 6.07) is 15.3. The Balaban J connectivity index is 1.30. The fourth-order valence-electron chi connectivity index (χ4n) is 6.41. The van der Waals surface area contributed by atoms with E-state index < -0.39 is 84.6 Å². The van der Waals surface area contributed by atoms with Crippen LogP contribution < -0.4 is 0 Å². The van der Waals surface area contributed by atoms with E-state index >= 15 is 0 Å². The number of para-hydroxylation sites is 1. The molecule has 10 aromatic rings. The molecular weight excluding hydrogens is 599 g/mol.